The predicted octanol–water partition coefficient (Wildman–Crippen LogP) is 0.878. The summed E-state index contributed by atoms with van der Waals surface area (Å²) in [6.07, 6.45) is 0.462. The zero-order valence-corrected chi connectivity index (χ0v) is 10.9. The number of fused-ring (bicyclic) bond motifs is 1. The van der Waals surface area contributed by atoms with Crippen LogP contribution in [-0.2, 0) is 17.6 Å². The van der Waals surface area contributed by atoms with Crippen LogP contribution in [0.4, 0.5) is 0 Å². The van der Waals surface area contributed by atoms with E-state index in [4.69, 9.17) is 16.3 Å². The van der Waals surface area contributed by atoms with E-state index in [0.717, 1.165) is 16.9 Å². The van der Waals surface area contributed by atoms with E-state index >= 15 is 0 Å². The van der Waals surface area contributed by atoms with Gasteiger partial charge < -0.3 is 15.2 Å². The van der Waals surface area contributed by atoms with Gasteiger partial charge >= 0.3 is 0 Å². The standard InChI is InChI=1S/C13H16ClNO3/c1-18-12-4-2-3-8-5-10(15-13(17)7-14)11(16)6-9(8)12/h2-4,10-11,16H,5-7H2,1H3,(H,15,17)/t10-,11-/m0/s1. The summed E-state index contributed by atoms with van der Waals surface area (Å²) in [5.41, 5.74) is 2.11. The van der Waals surface area contributed by atoms with Crippen molar-refractivity contribution in [1.82, 2.24) is 5.32 Å². The first-order chi connectivity index (χ1) is 8.65. The van der Waals surface area contributed by atoms with Crippen LogP contribution < -0.4 is 10.1 Å². The lowest BCUT2D eigenvalue weighted by atomic mass is 9.85. The quantitative estimate of drug-likeness (QED) is 0.801. The number of hydrogen-bond donors (Lipinski definition) is 2. The number of methoxy groups -OCH3 is 1. The van der Waals surface area contributed by atoms with Gasteiger partial charge in [-0.3, -0.25) is 4.79 Å². The maximum absolute atomic E-state index is 11.3. The largest absolute Gasteiger partial charge is 0.496 e. The molecule has 0 radical (unpaired) electrons. The Hall–Kier alpha value is -1.26. The molecule has 0 heterocycles. The summed E-state index contributed by atoms with van der Waals surface area (Å²) < 4.78 is 5.28. The van der Waals surface area contributed by atoms with Gasteiger partial charge in [-0.1, -0.05) is 12.1 Å². The summed E-state index contributed by atoms with van der Waals surface area (Å²) in [6.45, 7) is 0. The fourth-order valence-electron chi connectivity index (χ4n) is 2.34. The van der Waals surface area contributed by atoms with Crippen LogP contribution in [0, 0.1) is 0 Å². The number of carbonyl (C=O) groups is 1. The fraction of sp³-hybridized carbons (Fsp3) is 0.462. The van der Waals surface area contributed by atoms with Crippen LogP contribution in [0.25, 0.3) is 0 Å². The number of aliphatic hydroxyl groups is 1. The van der Waals surface area contributed by atoms with Crippen molar-refractivity contribution < 1.29 is 14.6 Å². The summed E-state index contributed by atoms with van der Waals surface area (Å²) >= 11 is 5.45. The summed E-state index contributed by atoms with van der Waals surface area (Å²) in [7, 11) is 1.61. The average molecular weight is 270 g/mol. The third-order valence-corrected chi connectivity index (χ3v) is 3.48. The van der Waals surface area contributed by atoms with Crippen molar-refractivity contribution in [2.45, 2.75) is 25.0 Å². The molecule has 0 saturated heterocycles. The van der Waals surface area contributed by atoms with Crippen LogP contribution in [-0.4, -0.2) is 36.1 Å². The topological polar surface area (TPSA) is 58.6 Å². The van der Waals surface area contributed by atoms with E-state index in [0.29, 0.717) is 12.8 Å². The fourth-order valence-corrected chi connectivity index (χ4v) is 2.42. The Kier molecular flexibility index (Phi) is 4.09. The highest BCUT2D eigenvalue weighted by atomic mass is 35.5. The third-order valence-electron chi connectivity index (χ3n) is 3.24. The molecule has 0 spiro atoms. The molecule has 18 heavy (non-hydrogen) atoms. The average Bonchev–Trinajstić information content (AvgIpc) is 2.38. The van der Waals surface area contributed by atoms with E-state index in [9.17, 15) is 9.90 Å². The summed E-state index contributed by atoms with van der Waals surface area (Å²) in [6, 6.07) is 5.50. The molecule has 1 amide bonds. The number of aliphatic hydroxyl groups excluding tert-OH is 1. The first kappa shape index (κ1) is 13.2. The Labute approximate surface area is 111 Å². The second-order valence-corrected chi connectivity index (χ2v) is 4.65. The predicted molar refractivity (Wildman–Crippen MR) is 69.1 cm³/mol. The van der Waals surface area contributed by atoms with Crippen LogP contribution in [0.3, 0.4) is 0 Å². The molecule has 0 fully saturated rings. The van der Waals surface area contributed by atoms with Gasteiger partial charge in [-0.2, -0.15) is 0 Å². The molecule has 0 bridgehead atoms. The maximum atomic E-state index is 11.3. The number of benzene rings is 1. The van der Waals surface area contributed by atoms with E-state index in [1.807, 2.05) is 18.2 Å². The van der Waals surface area contributed by atoms with Crippen molar-refractivity contribution in [2.24, 2.45) is 0 Å². The van der Waals surface area contributed by atoms with Gasteiger partial charge in [0, 0.05) is 12.0 Å². The molecule has 4 nitrogen and oxygen atoms in total. The first-order valence-electron chi connectivity index (χ1n) is 5.84. The van der Waals surface area contributed by atoms with Crippen LogP contribution in [0.2, 0.25) is 0 Å². The molecule has 98 valence electrons. The monoisotopic (exact) mass is 269 g/mol. The number of rotatable bonds is 3. The molecule has 0 aliphatic heterocycles. The second-order valence-electron chi connectivity index (χ2n) is 4.38. The van der Waals surface area contributed by atoms with E-state index in [2.05, 4.69) is 5.32 Å². The SMILES string of the molecule is COc1cccc2c1C[C@H](O)[C@@H](NC(=O)CCl)C2. The van der Waals surface area contributed by atoms with Crippen molar-refractivity contribution in [3.63, 3.8) is 0 Å². The second kappa shape index (κ2) is 5.59. The maximum Gasteiger partial charge on any atom is 0.235 e. The number of alkyl halides is 1. The molecular formula is C13H16ClNO3. The number of hydrogen-bond acceptors (Lipinski definition) is 3. The number of halogens is 1. The number of carbonyl (C=O) groups excluding carboxylic acids is 1. The van der Waals surface area contributed by atoms with Crippen molar-refractivity contribution >= 4 is 17.5 Å². The molecule has 0 unspecified atom stereocenters. The highest BCUT2D eigenvalue weighted by Crippen LogP contribution is 2.29. The van der Waals surface area contributed by atoms with Gasteiger partial charge in [0.15, 0.2) is 0 Å². The molecule has 2 N–H and O–H groups in total. The minimum atomic E-state index is -0.610. The van der Waals surface area contributed by atoms with Gasteiger partial charge in [-0.05, 0) is 18.1 Å². The molecule has 0 saturated carbocycles. The molecule has 1 aliphatic rings. The Balaban J connectivity index is 2.20. The highest BCUT2D eigenvalue weighted by Gasteiger charge is 2.29. The van der Waals surface area contributed by atoms with Gasteiger partial charge in [-0.25, -0.2) is 0 Å². The Bertz CT molecular complexity index is 450. The number of ether oxygens (including phenoxy) is 1. The zero-order chi connectivity index (χ0) is 13.1. The molecule has 5 heteroatoms. The van der Waals surface area contributed by atoms with Gasteiger partial charge in [0.25, 0.3) is 0 Å². The normalized spacial score (nSPS) is 22.2. The number of nitrogens with one attached hydrogen (secondary N) is 1. The molecule has 1 aromatic carbocycles. The Morgan fingerprint density at radius 1 is 1.56 bits per heavy atom. The molecule has 2 rings (SSSR count). The molecule has 1 aliphatic carbocycles. The smallest absolute Gasteiger partial charge is 0.235 e. The van der Waals surface area contributed by atoms with Gasteiger partial charge in [0.05, 0.1) is 19.3 Å². The number of amides is 1. The minimum Gasteiger partial charge on any atom is -0.496 e. The molecule has 0 aromatic heterocycles. The summed E-state index contributed by atoms with van der Waals surface area (Å²) in [5, 5.41) is 12.8. The summed E-state index contributed by atoms with van der Waals surface area (Å²) in [4.78, 5) is 11.3. The Morgan fingerprint density at radius 2 is 2.33 bits per heavy atom. The van der Waals surface area contributed by atoms with E-state index in [1.54, 1.807) is 7.11 Å². The highest BCUT2D eigenvalue weighted by molar-refractivity contribution is 6.27. The van der Waals surface area contributed by atoms with Gasteiger partial charge in [-0.15, -0.1) is 11.6 Å². The van der Waals surface area contributed by atoms with Crippen molar-refractivity contribution in [2.75, 3.05) is 13.0 Å². The van der Waals surface area contributed by atoms with E-state index in [-0.39, 0.29) is 17.8 Å². The molecular weight excluding hydrogens is 254 g/mol. The van der Waals surface area contributed by atoms with Crippen LogP contribution in [0.1, 0.15) is 11.1 Å². The van der Waals surface area contributed by atoms with Gasteiger partial charge in [0.2, 0.25) is 5.91 Å². The van der Waals surface area contributed by atoms with Crippen LogP contribution >= 0.6 is 11.6 Å². The van der Waals surface area contributed by atoms with Crippen LogP contribution in [0.5, 0.6) is 5.75 Å². The van der Waals surface area contributed by atoms with E-state index in [1.165, 1.54) is 0 Å². The molecule has 2 atom stereocenters. The third kappa shape index (κ3) is 2.60. The zero-order valence-electron chi connectivity index (χ0n) is 10.1. The lowest BCUT2D eigenvalue weighted by Crippen LogP contribution is -2.48. The first-order valence-corrected chi connectivity index (χ1v) is 6.37. The van der Waals surface area contributed by atoms with Crippen molar-refractivity contribution in [3.05, 3.63) is 29.3 Å². The van der Waals surface area contributed by atoms with Crippen molar-refractivity contribution in [1.29, 1.82) is 0 Å². The molecule has 1 aromatic rings. The van der Waals surface area contributed by atoms with E-state index < -0.39 is 6.10 Å². The lowest BCUT2D eigenvalue weighted by molar-refractivity contribution is -0.120. The Morgan fingerprint density at radius 3 is 3.00 bits per heavy atom. The minimum absolute atomic E-state index is 0.0891. The van der Waals surface area contributed by atoms with Gasteiger partial charge in [0.1, 0.15) is 11.6 Å². The van der Waals surface area contributed by atoms with Crippen LogP contribution in [0.15, 0.2) is 18.2 Å². The van der Waals surface area contributed by atoms with Crippen molar-refractivity contribution in [3.8, 4) is 5.75 Å². The lowest BCUT2D eigenvalue weighted by Gasteiger charge is -2.31. The summed E-state index contributed by atoms with van der Waals surface area (Å²) in [5.74, 6) is 0.439.